The number of carbonyl (C=O) groups is 1. The predicted molar refractivity (Wildman–Crippen MR) is 87.5 cm³/mol. The number of nitrogens with two attached hydrogens (primary N) is 1. The second-order valence-electron chi connectivity index (χ2n) is 4.59. The van der Waals surface area contributed by atoms with Crippen molar-refractivity contribution in [1.82, 2.24) is 0 Å². The molecule has 0 aliphatic carbocycles. The Bertz CT molecular complexity index is 595. The molecular formula is C15H18N2OS2. The molecule has 0 fully saturated rings. The number of primary amides is 1. The fourth-order valence-corrected chi connectivity index (χ4v) is 3.68. The Balaban J connectivity index is 2.12. The minimum absolute atomic E-state index is 0.241. The van der Waals surface area contributed by atoms with E-state index in [0.717, 1.165) is 10.6 Å². The molecule has 1 unspecified atom stereocenters. The largest absolute Gasteiger partial charge is 0.377 e. The molecular weight excluding hydrogens is 288 g/mol. The molecule has 2 aromatic rings. The lowest BCUT2D eigenvalue weighted by atomic mass is 10.2. The summed E-state index contributed by atoms with van der Waals surface area (Å²) in [6.07, 6.45) is 0. The first-order valence-corrected chi connectivity index (χ1v) is 8.25. The topological polar surface area (TPSA) is 55.1 Å². The van der Waals surface area contributed by atoms with Crippen LogP contribution in [0.1, 0.15) is 23.4 Å². The molecule has 0 saturated carbocycles. The standard InChI is InChI=1S/C15H18N2OS2/c1-10-7-8-19-15(10)11(2)17-12-5-3-4-6-13(12)20-9-14(16)18/h3-8,11,17H,9H2,1-2H3,(H2,16,18). The molecule has 1 aromatic carbocycles. The summed E-state index contributed by atoms with van der Waals surface area (Å²) >= 11 is 3.22. The Kier molecular flexibility index (Phi) is 5.09. The van der Waals surface area contributed by atoms with Crippen LogP contribution in [0.25, 0.3) is 0 Å². The fraction of sp³-hybridized carbons (Fsp3) is 0.267. The van der Waals surface area contributed by atoms with Crippen LogP contribution in [0.5, 0.6) is 0 Å². The Morgan fingerprint density at radius 1 is 1.40 bits per heavy atom. The molecule has 3 nitrogen and oxygen atoms in total. The Morgan fingerprint density at radius 2 is 2.15 bits per heavy atom. The number of anilines is 1. The van der Waals surface area contributed by atoms with Gasteiger partial charge in [-0.1, -0.05) is 12.1 Å². The summed E-state index contributed by atoms with van der Waals surface area (Å²) in [7, 11) is 0. The highest BCUT2D eigenvalue weighted by Gasteiger charge is 2.12. The van der Waals surface area contributed by atoms with Gasteiger partial charge in [0, 0.05) is 15.5 Å². The number of aryl methyl sites for hydroxylation is 1. The molecule has 0 spiro atoms. The lowest BCUT2D eigenvalue weighted by Gasteiger charge is -2.17. The van der Waals surface area contributed by atoms with Crippen LogP contribution in [-0.2, 0) is 4.79 Å². The number of hydrogen-bond acceptors (Lipinski definition) is 4. The van der Waals surface area contributed by atoms with Crippen LogP contribution in [0.15, 0.2) is 40.6 Å². The number of hydrogen-bond donors (Lipinski definition) is 2. The summed E-state index contributed by atoms with van der Waals surface area (Å²) in [6, 6.07) is 10.4. The molecule has 0 aliphatic heterocycles. The van der Waals surface area contributed by atoms with Crippen molar-refractivity contribution in [2.45, 2.75) is 24.8 Å². The number of amides is 1. The van der Waals surface area contributed by atoms with Gasteiger partial charge in [0.15, 0.2) is 0 Å². The van der Waals surface area contributed by atoms with Crippen LogP contribution < -0.4 is 11.1 Å². The van der Waals surface area contributed by atoms with Crippen LogP contribution >= 0.6 is 23.1 Å². The molecule has 0 saturated heterocycles. The zero-order valence-corrected chi connectivity index (χ0v) is 13.2. The first-order chi connectivity index (χ1) is 9.58. The van der Waals surface area contributed by atoms with Gasteiger partial charge >= 0.3 is 0 Å². The van der Waals surface area contributed by atoms with Crippen LogP contribution in [0.2, 0.25) is 0 Å². The van der Waals surface area contributed by atoms with E-state index in [-0.39, 0.29) is 11.9 Å². The Labute approximate surface area is 127 Å². The SMILES string of the molecule is Cc1ccsc1C(C)Nc1ccccc1SCC(N)=O. The minimum atomic E-state index is -0.299. The number of thiophene rings is 1. The molecule has 1 aromatic heterocycles. The van der Waals surface area contributed by atoms with Crippen LogP contribution in [0, 0.1) is 6.92 Å². The smallest absolute Gasteiger partial charge is 0.227 e. The summed E-state index contributed by atoms with van der Waals surface area (Å²) in [4.78, 5) is 13.3. The van der Waals surface area contributed by atoms with Crippen molar-refractivity contribution in [2.75, 3.05) is 11.1 Å². The fourth-order valence-electron chi connectivity index (χ4n) is 1.99. The average molecular weight is 306 g/mol. The summed E-state index contributed by atoms with van der Waals surface area (Å²) in [6.45, 7) is 4.27. The van der Waals surface area contributed by atoms with Crippen molar-refractivity contribution in [1.29, 1.82) is 0 Å². The third kappa shape index (κ3) is 3.77. The van der Waals surface area contributed by atoms with E-state index in [1.807, 2.05) is 24.3 Å². The van der Waals surface area contributed by atoms with Gasteiger partial charge in [-0.2, -0.15) is 0 Å². The molecule has 2 rings (SSSR count). The summed E-state index contributed by atoms with van der Waals surface area (Å²) in [5, 5.41) is 5.62. The van der Waals surface area contributed by atoms with Gasteiger partial charge in [0.25, 0.3) is 0 Å². The van der Waals surface area contributed by atoms with Crippen molar-refractivity contribution in [3.05, 3.63) is 46.2 Å². The molecule has 1 heterocycles. The van der Waals surface area contributed by atoms with E-state index >= 15 is 0 Å². The van der Waals surface area contributed by atoms with Gasteiger partial charge in [0.1, 0.15) is 0 Å². The maximum absolute atomic E-state index is 10.9. The van der Waals surface area contributed by atoms with Gasteiger partial charge in [-0.15, -0.1) is 23.1 Å². The van der Waals surface area contributed by atoms with Gasteiger partial charge < -0.3 is 11.1 Å². The van der Waals surface area contributed by atoms with E-state index in [1.54, 1.807) is 11.3 Å². The van der Waals surface area contributed by atoms with Gasteiger partial charge in [-0.05, 0) is 43.0 Å². The predicted octanol–water partition coefficient (Wildman–Crippen LogP) is 3.81. The Morgan fingerprint density at radius 3 is 2.80 bits per heavy atom. The zero-order valence-electron chi connectivity index (χ0n) is 11.6. The second kappa shape index (κ2) is 6.81. The van der Waals surface area contributed by atoms with Crippen LogP contribution in [0.3, 0.4) is 0 Å². The van der Waals surface area contributed by atoms with Crippen molar-refractivity contribution >= 4 is 34.7 Å². The van der Waals surface area contributed by atoms with Crippen molar-refractivity contribution in [3.63, 3.8) is 0 Å². The number of para-hydroxylation sites is 1. The normalized spacial score (nSPS) is 12.1. The van der Waals surface area contributed by atoms with Crippen LogP contribution in [-0.4, -0.2) is 11.7 Å². The van der Waals surface area contributed by atoms with Crippen molar-refractivity contribution in [3.8, 4) is 0 Å². The molecule has 20 heavy (non-hydrogen) atoms. The number of benzene rings is 1. The molecule has 5 heteroatoms. The van der Waals surface area contributed by atoms with Crippen molar-refractivity contribution < 1.29 is 4.79 Å². The Hall–Kier alpha value is -1.46. The van der Waals surface area contributed by atoms with Gasteiger partial charge in [0.05, 0.1) is 11.8 Å². The molecule has 0 aliphatic rings. The molecule has 1 amide bonds. The second-order valence-corrected chi connectivity index (χ2v) is 6.55. The number of nitrogens with one attached hydrogen (secondary N) is 1. The summed E-state index contributed by atoms with van der Waals surface area (Å²) < 4.78 is 0. The summed E-state index contributed by atoms with van der Waals surface area (Å²) in [5.74, 6) is -0.00239. The first kappa shape index (κ1) is 14.9. The molecule has 0 radical (unpaired) electrons. The summed E-state index contributed by atoms with van der Waals surface area (Å²) in [5.41, 5.74) is 7.55. The third-order valence-electron chi connectivity index (χ3n) is 2.92. The molecule has 1 atom stereocenters. The highest BCUT2D eigenvalue weighted by molar-refractivity contribution is 8.00. The van der Waals surface area contributed by atoms with Gasteiger partial charge in [-0.25, -0.2) is 0 Å². The van der Waals surface area contributed by atoms with E-state index in [2.05, 4.69) is 30.6 Å². The maximum Gasteiger partial charge on any atom is 0.227 e. The molecule has 106 valence electrons. The maximum atomic E-state index is 10.9. The average Bonchev–Trinajstić information content (AvgIpc) is 2.84. The van der Waals surface area contributed by atoms with Gasteiger partial charge in [0.2, 0.25) is 5.91 Å². The number of thioether (sulfide) groups is 1. The van der Waals surface area contributed by atoms with E-state index in [9.17, 15) is 4.79 Å². The lowest BCUT2D eigenvalue weighted by molar-refractivity contribution is -0.115. The van der Waals surface area contributed by atoms with Crippen molar-refractivity contribution in [2.24, 2.45) is 5.73 Å². The quantitative estimate of drug-likeness (QED) is 0.798. The van der Waals surface area contributed by atoms with Gasteiger partial charge in [-0.3, -0.25) is 4.79 Å². The van der Waals surface area contributed by atoms with E-state index in [1.165, 1.54) is 22.2 Å². The number of rotatable bonds is 6. The highest BCUT2D eigenvalue weighted by atomic mass is 32.2. The molecule has 3 N–H and O–H groups in total. The van der Waals surface area contributed by atoms with E-state index < -0.39 is 0 Å². The third-order valence-corrected chi connectivity index (χ3v) is 5.22. The monoisotopic (exact) mass is 306 g/mol. The minimum Gasteiger partial charge on any atom is -0.377 e. The highest BCUT2D eigenvalue weighted by Crippen LogP contribution is 2.32. The first-order valence-electron chi connectivity index (χ1n) is 6.38. The van der Waals surface area contributed by atoms with Crippen LogP contribution in [0.4, 0.5) is 5.69 Å². The lowest BCUT2D eigenvalue weighted by Crippen LogP contribution is -2.13. The molecule has 0 bridgehead atoms. The zero-order chi connectivity index (χ0) is 14.5. The van der Waals surface area contributed by atoms with E-state index in [0.29, 0.717) is 5.75 Å². The van der Waals surface area contributed by atoms with E-state index in [4.69, 9.17) is 5.73 Å². The number of carbonyl (C=O) groups excluding carboxylic acids is 1.